The number of nitrogens with zero attached hydrogens (tertiary/aromatic N) is 1. The van der Waals surface area contributed by atoms with E-state index in [1.807, 2.05) is 67.6 Å². The topological polar surface area (TPSA) is 37.4 Å². The number of fused-ring (bicyclic) bond motifs is 1. The smallest absolute Gasteiger partial charge is 0.238 e. The van der Waals surface area contributed by atoms with Crippen molar-refractivity contribution >= 4 is 29.1 Å². The van der Waals surface area contributed by atoms with Crippen molar-refractivity contribution in [1.29, 1.82) is 0 Å². The molecule has 2 amide bonds. The zero-order valence-electron chi connectivity index (χ0n) is 17.1. The average molecular weight is 428 g/mol. The standard InChI is InChI=1S/C27H22ClNO2/c1-17-22(28)13-8-14-23(17)29-26(30)24-20(18-9-4-2-5-10-18)15-16-21(25(24)27(29)31)19-11-6-3-7-12-19/h2-16,20-21,24-25H,1H3/t20-,21+,24+,25-. The van der Waals surface area contributed by atoms with E-state index in [0.717, 1.165) is 16.7 Å². The highest BCUT2D eigenvalue weighted by molar-refractivity contribution is 6.32. The second-order valence-electron chi connectivity index (χ2n) is 8.21. The van der Waals surface area contributed by atoms with Gasteiger partial charge in [0, 0.05) is 16.9 Å². The third-order valence-corrected chi connectivity index (χ3v) is 6.96. The Labute approximate surface area is 187 Å². The number of imide groups is 1. The number of anilines is 1. The lowest BCUT2D eigenvalue weighted by Crippen LogP contribution is -2.32. The van der Waals surface area contributed by atoms with E-state index in [9.17, 15) is 9.59 Å². The van der Waals surface area contributed by atoms with Crippen molar-refractivity contribution < 1.29 is 9.59 Å². The molecule has 0 saturated carbocycles. The minimum Gasteiger partial charge on any atom is -0.274 e. The lowest BCUT2D eigenvalue weighted by Gasteiger charge is -2.32. The molecule has 154 valence electrons. The lowest BCUT2D eigenvalue weighted by molar-refractivity contribution is -0.122. The van der Waals surface area contributed by atoms with Crippen LogP contribution in [-0.4, -0.2) is 11.8 Å². The lowest BCUT2D eigenvalue weighted by atomic mass is 9.68. The van der Waals surface area contributed by atoms with Gasteiger partial charge < -0.3 is 0 Å². The summed E-state index contributed by atoms with van der Waals surface area (Å²) in [5.41, 5.74) is 3.41. The van der Waals surface area contributed by atoms with Crippen LogP contribution in [0.3, 0.4) is 0 Å². The van der Waals surface area contributed by atoms with E-state index in [-0.39, 0.29) is 23.7 Å². The summed E-state index contributed by atoms with van der Waals surface area (Å²) in [4.78, 5) is 29.0. The number of carbonyl (C=O) groups is 2. The van der Waals surface area contributed by atoms with Crippen molar-refractivity contribution in [2.45, 2.75) is 18.8 Å². The summed E-state index contributed by atoms with van der Waals surface area (Å²) >= 11 is 6.33. The maximum Gasteiger partial charge on any atom is 0.238 e. The average Bonchev–Trinajstić information content (AvgIpc) is 3.07. The first-order valence-corrected chi connectivity index (χ1v) is 10.9. The Morgan fingerprint density at radius 1 is 0.677 bits per heavy atom. The molecular weight excluding hydrogens is 406 g/mol. The molecule has 0 bridgehead atoms. The molecule has 3 aromatic rings. The Morgan fingerprint density at radius 2 is 1.16 bits per heavy atom. The van der Waals surface area contributed by atoms with Crippen LogP contribution in [0.15, 0.2) is 91.0 Å². The molecule has 0 unspecified atom stereocenters. The summed E-state index contributed by atoms with van der Waals surface area (Å²) in [6.07, 6.45) is 4.21. The Kier molecular flexibility index (Phi) is 4.99. The number of carbonyl (C=O) groups excluding carboxylic acids is 2. The third kappa shape index (κ3) is 3.21. The first-order chi connectivity index (χ1) is 15.1. The van der Waals surface area contributed by atoms with Crippen LogP contribution in [0.1, 0.15) is 28.5 Å². The first-order valence-electron chi connectivity index (χ1n) is 10.5. The molecule has 0 N–H and O–H groups in total. The molecule has 1 fully saturated rings. The van der Waals surface area contributed by atoms with Crippen LogP contribution in [0.2, 0.25) is 5.02 Å². The highest BCUT2D eigenvalue weighted by Gasteiger charge is 2.55. The third-order valence-electron chi connectivity index (χ3n) is 6.55. The van der Waals surface area contributed by atoms with Crippen molar-refractivity contribution in [3.8, 4) is 0 Å². The van der Waals surface area contributed by atoms with Gasteiger partial charge in [0.25, 0.3) is 0 Å². The molecule has 2 aliphatic rings. The van der Waals surface area contributed by atoms with E-state index in [4.69, 9.17) is 11.6 Å². The molecule has 0 spiro atoms. The number of amides is 2. The SMILES string of the molecule is Cc1c(Cl)cccc1N1C(=O)[C@@H]2[C@H](C1=O)[C@H](c1ccccc1)C=C[C@@H]2c1ccccc1. The number of allylic oxidation sites excluding steroid dienone is 2. The number of benzene rings is 3. The van der Waals surface area contributed by atoms with E-state index in [1.54, 1.807) is 18.2 Å². The van der Waals surface area contributed by atoms with E-state index in [2.05, 4.69) is 12.2 Å². The van der Waals surface area contributed by atoms with Gasteiger partial charge in [0.1, 0.15) is 0 Å². The molecule has 3 nitrogen and oxygen atoms in total. The molecule has 1 aliphatic heterocycles. The van der Waals surface area contributed by atoms with Gasteiger partial charge in [0.05, 0.1) is 17.5 Å². The summed E-state index contributed by atoms with van der Waals surface area (Å²) in [5, 5.41) is 0.547. The van der Waals surface area contributed by atoms with Crippen molar-refractivity contribution in [3.63, 3.8) is 0 Å². The molecule has 4 atom stereocenters. The maximum atomic E-state index is 13.8. The summed E-state index contributed by atoms with van der Waals surface area (Å²) in [5.74, 6) is -1.51. The van der Waals surface area contributed by atoms with Crippen LogP contribution in [0.25, 0.3) is 0 Å². The van der Waals surface area contributed by atoms with Crippen LogP contribution in [0.4, 0.5) is 5.69 Å². The fraction of sp³-hybridized carbons (Fsp3) is 0.185. The summed E-state index contributed by atoms with van der Waals surface area (Å²) in [6.45, 7) is 1.85. The molecule has 0 aromatic heterocycles. The fourth-order valence-corrected chi connectivity index (χ4v) is 5.18. The van der Waals surface area contributed by atoms with Gasteiger partial charge in [-0.25, -0.2) is 4.90 Å². The first kappa shape index (κ1) is 19.8. The highest BCUT2D eigenvalue weighted by Crippen LogP contribution is 2.50. The van der Waals surface area contributed by atoms with Crippen LogP contribution in [0, 0.1) is 18.8 Å². The van der Waals surface area contributed by atoms with E-state index in [1.165, 1.54) is 4.90 Å². The van der Waals surface area contributed by atoms with Crippen LogP contribution < -0.4 is 4.90 Å². The predicted octanol–water partition coefficient (Wildman–Crippen LogP) is 5.89. The molecule has 5 rings (SSSR count). The van der Waals surface area contributed by atoms with E-state index in [0.29, 0.717) is 10.7 Å². The number of halogens is 1. The van der Waals surface area contributed by atoms with Crippen molar-refractivity contribution in [3.05, 3.63) is 113 Å². The second kappa shape index (κ2) is 7.82. The minimum atomic E-state index is -0.455. The predicted molar refractivity (Wildman–Crippen MR) is 123 cm³/mol. The quantitative estimate of drug-likeness (QED) is 0.386. The maximum absolute atomic E-state index is 13.8. The summed E-state index contributed by atoms with van der Waals surface area (Å²) in [7, 11) is 0. The Balaban J connectivity index is 1.65. The normalized spacial score (nSPS) is 25.0. The fourth-order valence-electron chi connectivity index (χ4n) is 5.01. The van der Waals surface area contributed by atoms with Gasteiger partial charge in [-0.3, -0.25) is 9.59 Å². The molecular formula is C27H22ClNO2. The molecule has 1 saturated heterocycles. The Hall–Kier alpha value is -3.17. The second-order valence-corrected chi connectivity index (χ2v) is 8.61. The van der Waals surface area contributed by atoms with Gasteiger partial charge in [0.2, 0.25) is 11.8 Å². The van der Waals surface area contributed by atoms with Crippen LogP contribution in [0.5, 0.6) is 0 Å². The number of hydrogen-bond acceptors (Lipinski definition) is 2. The zero-order chi connectivity index (χ0) is 21.5. The van der Waals surface area contributed by atoms with Gasteiger partial charge >= 0.3 is 0 Å². The highest BCUT2D eigenvalue weighted by atomic mass is 35.5. The summed E-state index contributed by atoms with van der Waals surface area (Å²) < 4.78 is 0. The molecule has 1 aliphatic carbocycles. The van der Waals surface area contributed by atoms with Gasteiger partial charge in [-0.15, -0.1) is 0 Å². The number of hydrogen-bond donors (Lipinski definition) is 0. The van der Waals surface area contributed by atoms with Gasteiger partial charge in [-0.2, -0.15) is 0 Å². The minimum absolute atomic E-state index is 0.146. The van der Waals surface area contributed by atoms with E-state index < -0.39 is 11.8 Å². The van der Waals surface area contributed by atoms with Gasteiger partial charge in [-0.1, -0.05) is 90.5 Å². The molecule has 1 heterocycles. The van der Waals surface area contributed by atoms with Gasteiger partial charge in [-0.05, 0) is 35.7 Å². The monoisotopic (exact) mass is 427 g/mol. The molecule has 0 radical (unpaired) electrons. The largest absolute Gasteiger partial charge is 0.274 e. The number of rotatable bonds is 3. The van der Waals surface area contributed by atoms with Gasteiger partial charge in [0.15, 0.2) is 0 Å². The Morgan fingerprint density at radius 3 is 1.65 bits per heavy atom. The molecule has 4 heteroatoms. The van der Waals surface area contributed by atoms with E-state index >= 15 is 0 Å². The van der Waals surface area contributed by atoms with Crippen molar-refractivity contribution in [2.24, 2.45) is 11.8 Å². The molecule has 31 heavy (non-hydrogen) atoms. The van der Waals surface area contributed by atoms with Crippen LogP contribution in [-0.2, 0) is 9.59 Å². The molecule has 3 aromatic carbocycles. The van der Waals surface area contributed by atoms with Crippen molar-refractivity contribution in [1.82, 2.24) is 0 Å². The zero-order valence-corrected chi connectivity index (χ0v) is 17.9. The van der Waals surface area contributed by atoms with Crippen molar-refractivity contribution in [2.75, 3.05) is 4.90 Å². The van der Waals surface area contributed by atoms with Crippen LogP contribution >= 0.6 is 11.6 Å². The summed E-state index contributed by atoms with van der Waals surface area (Å²) in [6, 6.07) is 25.3. The Bertz CT molecular complexity index is 1100.